The van der Waals surface area contributed by atoms with Crippen LogP contribution in [0, 0.1) is 0 Å². The Bertz CT molecular complexity index is 1050. The van der Waals surface area contributed by atoms with E-state index in [1.807, 2.05) is 34.9 Å². The van der Waals surface area contributed by atoms with Crippen LogP contribution in [0.2, 0.25) is 0 Å². The van der Waals surface area contributed by atoms with Crippen LogP contribution in [-0.4, -0.2) is 96.3 Å². The molecule has 1 unspecified atom stereocenters. The minimum atomic E-state index is -0.499. The normalized spacial score (nSPS) is 18.6. The summed E-state index contributed by atoms with van der Waals surface area (Å²) in [5.74, 6) is 0.944. The fraction of sp³-hybridized carbons (Fsp3) is 0.607. The Balaban J connectivity index is 1.54. The van der Waals surface area contributed by atoms with Crippen molar-refractivity contribution in [2.45, 2.75) is 52.3 Å². The predicted octanol–water partition coefficient (Wildman–Crippen LogP) is 3.59. The van der Waals surface area contributed by atoms with Gasteiger partial charge in [0.2, 0.25) is 0 Å². The molecule has 0 saturated carbocycles. The number of amides is 1. The van der Waals surface area contributed by atoms with Gasteiger partial charge in [0.05, 0.1) is 11.7 Å². The maximum absolute atomic E-state index is 12.6. The summed E-state index contributed by atoms with van der Waals surface area (Å²) in [5.41, 5.74) is 3.04. The van der Waals surface area contributed by atoms with Crippen molar-refractivity contribution in [2.24, 2.45) is 0 Å². The minimum Gasteiger partial charge on any atom is -0.462 e. The van der Waals surface area contributed by atoms with Crippen molar-refractivity contribution in [1.29, 1.82) is 0 Å². The Morgan fingerprint density at radius 2 is 1.76 bits per heavy atom. The van der Waals surface area contributed by atoms with Gasteiger partial charge in [0.25, 0.3) is 0 Å². The van der Waals surface area contributed by atoms with Gasteiger partial charge in [0.1, 0.15) is 18.0 Å². The van der Waals surface area contributed by atoms with E-state index in [-0.39, 0.29) is 12.1 Å². The van der Waals surface area contributed by atoms with Gasteiger partial charge in [0, 0.05) is 51.4 Å². The number of rotatable bonds is 7. The van der Waals surface area contributed by atoms with Crippen molar-refractivity contribution in [3.05, 3.63) is 47.2 Å². The van der Waals surface area contributed by atoms with E-state index in [0.29, 0.717) is 38.8 Å². The first-order valence-corrected chi connectivity index (χ1v) is 13.3. The molecule has 0 aliphatic carbocycles. The van der Waals surface area contributed by atoms with Gasteiger partial charge in [-0.1, -0.05) is 30.3 Å². The standard InChI is InChI=1S/C28H42N6O3/c1-21-24-23(12-13-34(21)20-22-10-8-7-9-11-22)25(30-26(29-24)36-19-18-31(5)6)32-14-16-33(17-15-32)27(35)37-28(2,3)4/h7-11,21H,12-20H2,1-6H3. The predicted molar refractivity (Wildman–Crippen MR) is 145 cm³/mol. The minimum absolute atomic E-state index is 0.143. The van der Waals surface area contributed by atoms with Crippen LogP contribution in [0.4, 0.5) is 10.6 Å². The van der Waals surface area contributed by atoms with Crippen LogP contribution >= 0.6 is 0 Å². The number of anilines is 1. The number of nitrogens with zero attached hydrogens (tertiary/aromatic N) is 6. The maximum Gasteiger partial charge on any atom is 0.410 e. The fourth-order valence-electron chi connectivity index (χ4n) is 4.78. The van der Waals surface area contributed by atoms with Crippen LogP contribution in [0.25, 0.3) is 0 Å². The molecule has 1 aromatic heterocycles. The average molecular weight is 511 g/mol. The van der Waals surface area contributed by atoms with Crippen molar-refractivity contribution in [3.8, 4) is 6.01 Å². The average Bonchev–Trinajstić information content (AvgIpc) is 2.85. The summed E-state index contributed by atoms with van der Waals surface area (Å²) in [5, 5.41) is 0. The van der Waals surface area contributed by atoms with E-state index in [4.69, 9.17) is 19.4 Å². The lowest BCUT2D eigenvalue weighted by Gasteiger charge is -2.39. The number of carbonyl (C=O) groups is 1. The molecule has 2 aliphatic rings. The summed E-state index contributed by atoms with van der Waals surface area (Å²) < 4.78 is 11.6. The second-order valence-corrected chi connectivity index (χ2v) is 11.2. The SMILES string of the molecule is CC1c2nc(OCCN(C)C)nc(N3CCN(C(=O)OC(C)(C)C)CC3)c2CCN1Cc1ccccc1. The lowest BCUT2D eigenvalue weighted by Crippen LogP contribution is -2.50. The Morgan fingerprint density at radius 3 is 2.41 bits per heavy atom. The number of piperazine rings is 1. The van der Waals surface area contributed by atoms with Gasteiger partial charge in [-0.2, -0.15) is 9.97 Å². The maximum atomic E-state index is 12.6. The number of carbonyl (C=O) groups excluding carboxylic acids is 1. The monoisotopic (exact) mass is 510 g/mol. The molecule has 4 rings (SSSR count). The lowest BCUT2D eigenvalue weighted by molar-refractivity contribution is 0.0240. The highest BCUT2D eigenvalue weighted by molar-refractivity contribution is 5.68. The van der Waals surface area contributed by atoms with Crippen molar-refractivity contribution >= 4 is 11.9 Å². The number of likely N-dealkylation sites (N-methyl/N-ethyl adjacent to an activating group) is 1. The van der Waals surface area contributed by atoms with Gasteiger partial charge in [0.15, 0.2) is 0 Å². The zero-order chi connectivity index (χ0) is 26.6. The van der Waals surface area contributed by atoms with Crippen molar-refractivity contribution in [3.63, 3.8) is 0 Å². The summed E-state index contributed by atoms with van der Waals surface area (Å²) in [6.07, 6.45) is 0.626. The highest BCUT2D eigenvalue weighted by Gasteiger charge is 2.33. The summed E-state index contributed by atoms with van der Waals surface area (Å²) in [6, 6.07) is 11.2. The fourth-order valence-corrected chi connectivity index (χ4v) is 4.78. The van der Waals surface area contributed by atoms with Gasteiger partial charge in [-0.3, -0.25) is 4.90 Å². The van der Waals surface area contributed by atoms with Gasteiger partial charge in [-0.05, 0) is 53.8 Å². The molecule has 0 radical (unpaired) electrons. The topological polar surface area (TPSA) is 74.3 Å². The Kier molecular flexibility index (Phi) is 8.54. The number of hydrogen-bond acceptors (Lipinski definition) is 8. The van der Waals surface area contributed by atoms with Crippen molar-refractivity contribution in [2.75, 3.05) is 64.9 Å². The largest absolute Gasteiger partial charge is 0.462 e. The molecule has 0 N–H and O–H groups in total. The summed E-state index contributed by atoms with van der Waals surface area (Å²) in [6.45, 7) is 13.6. The molecular formula is C28H42N6O3. The molecule has 37 heavy (non-hydrogen) atoms. The van der Waals surface area contributed by atoms with Crippen molar-refractivity contribution < 1.29 is 14.3 Å². The number of fused-ring (bicyclic) bond motifs is 1. The van der Waals surface area contributed by atoms with Crippen LogP contribution in [0.5, 0.6) is 6.01 Å². The van der Waals surface area contributed by atoms with Crippen LogP contribution in [0.15, 0.2) is 30.3 Å². The highest BCUT2D eigenvalue weighted by atomic mass is 16.6. The lowest BCUT2D eigenvalue weighted by atomic mass is 9.97. The molecule has 202 valence electrons. The molecule has 9 heteroatoms. The second-order valence-electron chi connectivity index (χ2n) is 11.2. The number of ether oxygens (including phenoxy) is 2. The van der Waals surface area contributed by atoms with Crippen LogP contribution in [0.1, 0.15) is 50.6 Å². The van der Waals surface area contributed by atoms with E-state index < -0.39 is 5.60 Å². The molecule has 2 aliphatic heterocycles. The Hall–Kier alpha value is -2.91. The van der Waals surface area contributed by atoms with E-state index >= 15 is 0 Å². The third-order valence-corrected chi connectivity index (χ3v) is 6.82. The van der Waals surface area contributed by atoms with E-state index in [9.17, 15) is 4.79 Å². The number of hydrogen-bond donors (Lipinski definition) is 0. The molecule has 9 nitrogen and oxygen atoms in total. The van der Waals surface area contributed by atoms with E-state index in [2.05, 4.69) is 52.0 Å². The van der Waals surface area contributed by atoms with E-state index in [0.717, 1.165) is 37.6 Å². The molecule has 3 heterocycles. The molecule has 1 fully saturated rings. The molecule has 2 aromatic rings. The smallest absolute Gasteiger partial charge is 0.410 e. The first-order chi connectivity index (χ1) is 17.6. The van der Waals surface area contributed by atoms with Gasteiger partial charge >= 0.3 is 12.1 Å². The molecule has 1 saturated heterocycles. The molecule has 1 atom stereocenters. The molecule has 1 aromatic carbocycles. The van der Waals surface area contributed by atoms with Crippen molar-refractivity contribution in [1.82, 2.24) is 24.7 Å². The quantitative estimate of drug-likeness (QED) is 0.560. The highest BCUT2D eigenvalue weighted by Crippen LogP contribution is 2.35. The van der Waals surface area contributed by atoms with Crippen LogP contribution in [-0.2, 0) is 17.7 Å². The first kappa shape index (κ1) is 27.1. The first-order valence-electron chi connectivity index (χ1n) is 13.3. The van der Waals surface area contributed by atoms with E-state index in [1.165, 1.54) is 11.1 Å². The third-order valence-electron chi connectivity index (χ3n) is 6.82. The van der Waals surface area contributed by atoms with Gasteiger partial charge < -0.3 is 24.2 Å². The number of benzene rings is 1. The van der Waals surface area contributed by atoms with Crippen LogP contribution < -0.4 is 9.64 Å². The van der Waals surface area contributed by atoms with Gasteiger partial charge in [-0.25, -0.2) is 4.79 Å². The third kappa shape index (κ3) is 7.11. The zero-order valence-corrected chi connectivity index (χ0v) is 23.2. The summed E-state index contributed by atoms with van der Waals surface area (Å²) in [7, 11) is 4.05. The Morgan fingerprint density at radius 1 is 1.05 bits per heavy atom. The van der Waals surface area contributed by atoms with Gasteiger partial charge in [-0.15, -0.1) is 0 Å². The zero-order valence-electron chi connectivity index (χ0n) is 23.2. The second kappa shape index (κ2) is 11.6. The molecule has 0 bridgehead atoms. The summed E-state index contributed by atoms with van der Waals surface area (Å²) in [4.78, 5) is 31.0. The van der Waals surface area contributed by atoms with Crippen LogP contribution in [0.3, 0.4) is 0 Å². The Labute approximate surface area is 221 Å². The van der Waals surface area contributed by atoms with E-state index in [1.54, 1.807) is 4.90 Å². The molecule has 1 amide bonds. The molecule has 0 spiro atoms. The summed E-state index contributed by atoms with van der Waals surface area (Å²) >= 11 is 0. The molecular weight excluding hydrogens is 468 g/mol. The number of aromatic nitrogens is 2.